The van der Waals surface area contributed by atoms with Crippen LogP contribution in [0.4, 0.5) is 0 Å². The van der Waals surface area contributed by atoms with Crippen molar-refractivity contribution in [3.63, 3.8) is 0 Å². The quantitative estimate of drug-likeness (QED) is 0.716. The molecule has 0 aromatic carbocycles. The van der Waals surface area contributed by atoms with Crippen molar-refractivity contribution in [3.8, 4) is 0 Å². The SMILES string of the molecule is COC(=O)C1(CN(C)CCc2cccnc2)CC1. The zero-order valence-electron chi connectivity index (χ0n) is 11.1. The van der Waals surface area contributed by atoms with Crippen molar-refractivity contribution in [3.05, 3.63) is 30.1 Å². The van der Waals surface area contributed by atoms with Gasteiger partial charge in [-0.1, -0.05) is 6.07 Å². The number of ether oxygens (including phenoxy) is 1. The zero-order chi connectivity index (χ0) is 13.0. The first-order chi connectivity index (χ1) is 8.66. The third kappa shape index (κ3) is 3.07. The highest BCUT2D eigenvalue weighted by Gasteiger charge is 2.51. The molecule has 1 fully saturated rings. The van der Waals surface area contributed by atoms with Crippen LogP contribution in [-0.2, 0) is 16.0 Å². The minimum absolute atomic E-state index is 0.0595. The lowest BCUT2D eigenvalue weighted by atomic mass is 10.1. The van der Waals surface area contributed by atoms with Crippen LogP contribution in [0.15, 0.2) is 24.5 Å². The van der Waals surface area contributed by atoms with Gasteiger partial charge in [-0.05, 0) is 37.9 Å². The van der Waals surface area contributed by atoms with Gasteiger partial charge in [0.05, 0.1) is 12.5 Å². The van der Waals surface area contributed by atoms with E-state index < -0.39 is 0 Å². The van der Waals surface area contributed by atoms with Gasteiger partial charge in [-0.3, -0.25) is 9.78 Å². The van der Waals surface area contributed by atoms with Crippen LogP contribution in [0.5, 0.6) is 0 Å². The first-order valence-electron chi connectivity index (χ1n) is 6.32. The molecule has 0 spiro atoms. The maximum atomic E-state index is 11.6. The molecule has 0 unspecified atom stereocenters. The van der Waals surface area contributed by atoms with Gasteiger partial charge in [0, 0.05) is 25.5 Å². The molecule has 0 aliphatic heterocycles. The highest BCUT2D eigenvalue weighted by Crippen LogP contribution is 2.47. The van der Waals surface area contributed by atoms with E-state index in [0.717, 1.165) is 32.4 Å². The molecule has 1 aromatic rings. The molecule has 0 bridgehead atoms. The van der Waals surface area contributed by atoms with Crippen LogP contribution < -0.4 is 0 Å². The molecule has 1 heterocycles. The van der Waals surface area contributed by atoms with Gasteiger partial charge in [-0.15, -0.1) is 0 Å². The van der Waals surface area contributed by atoms with Gasteiger partial charge < -0.3 is 9.64 Å². The number of likely N-dealkylation sites (N-methyl/N-ethyl adjacent to an activating group) is 1. The van der Waals surface area contributed by atoms with Crippen molar-refractivity contribution < 1.29 is 9.53 Å². The third-order valence-corrected chi connectivity index (χ3v) is 3.55. The number of hydrogen-bond acceptors (Lipinski definition) is 4. The van der Waals surface area contributed by atoms with Crippen LogP contribution in [0, 0.1) is 5.41 Å². The number of aromatic nitrogens is 1. The van der Waals surface area contributed by atoms with Gasteiger partial charge in [0.2, 0.25) is 0 Å². The second-order valence-electron chi connectivity index (χ2n) is 5.12. The second kappa shape index (κ2) is 5.48. The minimum Gasteiger partial charge on any atom is -0.469 e. The molecule has 1 aromatic heterocycles. The predicted molar refractivity (Wildman–Crippen MR) is 69.1 cm³/mol. The lowest BCUT2D eigenvalue weighted by Gasteiger charge is -2.21. The number of esters is 1. The van der Waals surface area contributed by atoms with Crippen molar-refractivity contribution in [2.45, 2.75) is 19.3 Å². The molecule has 1 saturated carbocycles. The summed E-state index contributed by atoms with van der Waals surface area (Å²) in [6.45, 7) is 1.73. The Morgan fingerprint density at radius 3 is 2.89 bits per heavy atom. The van der Waals surface area contributed by atoms with Crippen molar-refractivity contribution in [1.29, 1.82) is 0 Å². The number of carbonyl (C=O) groups is 1. The summed E-state index contributed by atoms with van der Waals surface area (Å²) in [4.78, 5) is 18.0. The second-order valence-corrected chi connectivity index (χ2v) is 5.12. The Morgan fingerprint density at radius 1 is 1.56 bits per heavy atom. The first kappa shape index (κ1) is 13.0. The molecule has 0 N–H and O–H groups in total. The molecule has 0 radical (unpaired) electrons. The lowest BCUT2D eigenvalue weighted by molar-refractivity contribution is -0.147. The molecule has 1 aliphatic rings. The highest BCUT2D eigenvalue weighted by molar-refractivity contribution is 5.80. The molecule has 4 heteroatoms. The Bertz CT molecular complexity index is 402. The molecular formula is C14H20N2O2. The maximum Gasteiger partial charge on any atom is 0.313 e. The van der Waals surface area contributed by atoms with E-state index >= 15 is 0 Å². The first-order valence-corrected chi connectivity index (χ1v) is 6.32. The van der Waals surface area contributed by atoms with Gasteiger partial charge in [0.25, 0.3) is 0 Å². The van der Waals surface area contributed by atoms with Crippen LogP contribution >= 0.6 is 0 Å². The van der Waals surface area contributed by atoms with Crippen molar-refractivity contribution in [2.75, 3.05) is 27.2 Å². The van der Waals surface area contributed by atoms with E-state index in [4.69, 9.17) is 4.74 Å². The molecule has 0 saturated heterocycles. The molecule has 0 amide bonds. The maximum absolute atomic E-state index is 11.6. The average Bonchev–Trinajstić information content (AvgIpc) is 3.17. The van der Waals surface area contributed by atoms with Crippen LogP contribution in [-0.4, -0.2) is 43.1 Å². The lowest BCUT2D eigenvalue weighted by Crippen LogP contribution is -2.33. The Balaban J connectivity index is 1.79. The van der Waals surface area contributed by atoms with Crippen molar-refractivity contribution in [1.82, 2.24) is 9.88 Å². The summed E-state index contributed by atoms with van der Waals surface area (Å²) < 4.78 is 4.87. The van der Waals surface area contributed by atoms with E-state index in [1.54, 1.807) is 6.20 Å². The summed E-state index contributed by atoms with van der Waals surface area (Å²) in [5.41, 5.74) is 1.01. The average molecular weight is 248 g/mol. The van der Waals surface area contributed by atoms with E-state index in [1.165, 1.54) is 12.7 Å². The fourth-order valence-corrected chi connectivity index (χ4v) is 2.26. The van der Waals surface area contributed by atoms with Gasteiger partial charge >= 0.3 is 5.97 Å². The van der Waals surface area contributed by atoms with Crippen molar-refractivity contribution in [2.24, 2.45) is 5.41 Å². The molecular weight excluding hydrogens is 228 g/mol. The van der Waals surface area contributed by atoms with Gasteiger partial charge in [-0.25, -0.2) is 0 Å². The number of methoxy groups -OCH3 is 1. The summed E-state index contributed by atoms with van der Waals surface area (Å²) in [5, 5.41) is 0. The number of hydrogen-bond donors (Lipinski definition) is 0. The Morgan fingerprint density at radius 2 is 2.33 bits per heavy atom. The minimum atomic E-state index is -0.224. The van der Waals surface area contributed by atoms with Crippen LogP contribution in [0.2, 0.25) is 0 Å². The van der Waals surface area contributed by atoms with E-state index in [2.05, 4.69) is 23.0 Å². The number of nitrogens with zero attached hydrogens (tertiary/aromatic N) is 2. The Kier molecular flexibility index (Phi) is 3.97. The third-order valence-electron chi connectivity index (χ3n) is 3.55. The van der Waals surface area contributed by atoms with Gasteiger partial charge in [0.1, 0.15) is 0 Å². The summed E-state index contributed by atoms with van der Waals surface area (Å²) in [5.74, 6) is -0.0595. The topological polar surface area (TPSA) is 42.4 Å². The number of pyridine rings is 1. The zero-order valence-corrected chi connectivity index (χ0v) is 11.1. The molecule has 0 atom stereocenters. The smallest absolute Gasteiger partial charge is 0.313 e. The molecule has 18 heavy (non-hydrogen) atoms. The van der Waals surface area contributed by atoms with E-state index in [-0.39, 0.29) is 11.4 Å². The number of rotatable bonds is 6. The fraction of sp³-hybridized carbons (Fsp3) is 0.571. The number of carbonyl (C=O) groups excluding carboxylic acids is 1. The summed E-state index contributed by atoms with van der Waals surface area (Å²) in [6.07, 6.45) is 6.54. The Labute approximate surface area is 108 Å². The van der Waals surface area contributed by atoms with E-state index in [9.17, 15) is 4.79 Å². The van der Waals surface area contributed by atoms with Crippen LogP contribution in [0.25, 0.3) is 0 Å². The van der Waals surface area contributed by atoms with Gasteiger partial charge in [-0.2, -0.15) is 0 Å². The monoisotopic (exact) mass is 248 g/mol. The van der Waals surface area contributed by atoms with E-state index in [0.29, 0.717) is 0 Å². The summed E-state index contributed by atoms with van der Waals surface area (Å²) in [7, 11) is 3.53. The molecule has 4 nitrogen and oxygen atoms in total. The van der Waals surface area contributed by atoms with Crippen molar-refractivity contribution >= 4 is 5.97 Å². The fourth-order valence-electron chi connectivity index (χ4n) is 2.26. The summed E-state index contributed by atoms with van der Waals surface area (Å²) >= 11 is 0. The largest absolute Gasteiger partial charge is 0.469 e. The van der Waals surface area contributed by atoms with Crippen LogP contribution in [0.3, 0.4) is 0 Å². The summed E-state index contributed by atoms with van der Waals surface area (Å²) in [6, 6.07) is 4.03. The standard InChI is InChI=1S/C14H20N2O2/c1-16(9-5-12-4-3-8-15-10-12)11-14(6-7-14)13(17)18-2/h3-4,8,10H,5-7,9,11H2,1-2H3. The predicted octanol–water partition coefficient (Wildman–Crippen LogP) is 1.51. The Hall–Kier alpha value is -1.42. The van der Waals surface area contributed by atoms with Gasteiger partial charge in [0.15, 0.2) is 0 Å². The van der Waals surface area contributed by atoms with Crippen LogP contribution in [0.1, 0.15) is 18.4 Å². The molecule has 2 rings (SSSR count). The highest BCUT2D eigenvalue weighted by atomic mass is 16.5. The normalized spacial score (nSPS) is 16.6. The van der Waals surface area contributed by atoms with E-state index in [1.807, 2.05) is 12.3 Å². The molecule has 98 valence electrons. The molecule has 1 aliphatic carbocycles.